The topological polar surface area (TPSA) is 120 Å². The van der Waals surface area contributed by atoms with Gasteiger partial charge in [0.15, 0.2) is 5.96 Å². The van der Waals surface area contributed by atoms with E-state index in [-0.39, 0.29) is 41.8 Å². The Morgan fingerprint density at radius 2 is 1.62 bits per heavy atom. The quantitative estimate of drug-likeness (QED) is 0.461. The fraction of sp³-hybridized carbons (Fsp3) is 0.455. The Kier molecular flexibility index (Phi) is 6.60. The molecule has 0 radical (unpaired) electrons. The van der Waals surface area contributed by atoms with Crippen molar-refractivity contribution >= 4 is 44.3 Å². The number of guanidine groups is 1. The van der Waals surface area contributed by atoms with Gasteiger partial charge in [-0.25, -0.2) is 8.42 Å². The fourth-order valence-corrected chi connectivity index (χ4v) is 6.25. The molecule has 0 atom stereocenters. The average molecular weight is 478 g/mol. The van der Waals surface area contributed by atoms with Gasteiger partial charge in [0.2, 0.25) is 15.9 Å². The van der Waals surface area contributed by atoms with Crippen LogP contribution in [-0.4, -0.2) is 61.7 Å². The van der Waals surface area contributed by atoms with Crippen molar-refractivity contribution in [2.45, 2.75) is 36.6 Å². The molecule has 2 fully saturated rings. The highest BCUT2D eigenvalue weighted by atomic mass is 35.5. The van der Waals surface area contributed by atoms with Gasteiger partial charge in [0, 0.05) is 43.2 Å². The first-order valence-electron chi connectivity index (χ1n) is 10.8. The predicted molar refractivity (Wildman–Crippen MR) is 125 cm³/mol. The molecule has 2 aromatic carbocycles. The average Bonchev–Trinajstić information content (AvgIpc) is 2.78. The number of nitrogens with one attached hydrogen (secondary N) is 2. The van der Waals surface area contributed by atoms with Crippen LogP contribution in [0.4, 0.5) is 0 Å². The van der Waals surface area contributed by atoms with Crippen LogP contribution in [0.15, 0.2) is 41.3 Å². The summed E-state index contributed by atoms with van der Waals surface area (Å²) in [5.74, 6) is 0.0219. The van der Waals surface area contributed by atoms with E-state index in [1.165, 1.54) is 4.31 Å². The van der Waals surface area contributed by atoms with Crippen molar-refractivity contribution in [3.05, 3.63) is 41.4 Å². The van der Waals surface area contributed by atoms with Gasteiger partial charge in [-0.15, -0.1) is 0 Å². The number of fused-ring (bicyclic) bond motifs is 1. The number of benzene rings is 2. The summed E-state index contributed by atoms with van der Waals surface area (Å²) in [6.45, 7) is 1.36. The summed E-state index contributed by atoms with van der Waals surface area (Å²) in [6, 6.07) is 10.6. The highest BCUT2D eigenvalue weighted by Crippen LogP contribution is 2.28. The van der Waals surface area contributed by atoms with Gasteiger partial charge in [0.25, 0.3) is 0 Å². The van der Waals surface area contributed by atoms with Gasteiger partial charge >= 0.3 is 0 Å². The first-order valence-corrected chi connectivity index (χ1v) is 12.6. The third-order valence-electron chi connectivity index (χ3n) is 6.40. The molecule has 0 bridgehead atoms. The summed E-state index contributed by atoms with van der Waals surface area (Å²) in [4.78, 5) is 15.0. The summed E-state index contributed by atoms with van der Waals surface area (Å²) >= 11 is 6.02. The first kappa shape index (κ1) is 22.8. The summed E-state index contributed by atoms with van der Waals surface area (Å²) in [6.07, 6.45) is 3.11. The van der Waals surface area contributed by atoms with E-state index in [0.717, 1.165) is 36.5 Å². The van der Waals surface area contributed by atoms with E-state index in [4.69, 9.17) is 22.7 Å². The second kappa shape index (κ2) is 9.25. The number of hydrogen-bond acceptors (Lipinski definition) is 4. The third kappa shape index (κ3) is 4.84. The van der Waals surface area contributed by atoms with E-state index >= 15 is 0 Å². The van der Waals surface area contributed by atoms with Gasteiger partial charge in [-0.1, -0.05) is 23.7 Å². The molecule has 1 aliphatic carbocycles. The molecular weight excluding hydrogens is 450 g/mol. The third-order valence-corrected chi connectivity index (χ3v) is 8.53. The molecule has 4 rings (SSSR count). The maximum absolute atomic E-state index is 13.2. The minimum atomic E-state index is -3.63. The molecule has 172 valence electrons. The van der Waals surface area contributed by atoms with Crippen molar-refractivity contribution < 1.29 is 13.2 Å². The van der Waals surface area contributed by atoms with E-state index in [9.17, 15) is 13.2 Å². The Morgan fingerprint density at radius 1 is 1.00 bits per heavy atom. The molecule has 32 heavy (non-hydrogen) atoms. The number of hydrogen-bond donors (Lipinski definition) is 3. The minimum absolute atomic E-state index is 0.0349. The maximum Gasteiger partial charge on any atom is 0.243 e. The fourth-order valence-electron chi connectivity index (χ4n) is 4.62. The normalized spacial score (nSPS) is 22.6. The molecule has 0 unspecified atom stereocenters. The zero-order valence-corrected chi connectivity index (χ0v) is 19.3. The van der Waals surface area contributed by atoms with Crippen LogP contribution < -0.4 is 11.1 Å². The van der Waals surface area contributed by atoms with Crippen LogP contribution in [-0.2, 0) is 14.8 Å². The molecule has 10 heteroatoms. The molecule has 8 nitrogen and oxygen atoms in total. The number of sulfonamides is 1. The van der Waals surface area contributed by atoms with E-state index in [1.54, 1.807) is 35.2 Å². The second-order valence-corrected chi connectivity index (χ2v) is 10.9. The van der Waals surface area contributed by atoms with Crippen LogP contribution in [0.25, 0.3) is 10.8 Å². The molecule has 1 amide bonds. The Labute approximate surface area is 193 Å². The molecule has 4 N–H and O–H groups in total. The largest absolute Gasteiger partial charge is 0.370 e. The highest BCUT2D eigenvalue weighted by molar-refractivity contribution is 7.89. The summed E-state index contributed by atoms with van der Waals surface area (Å²) in [5.41, 5.74) is 5.40. The van der Waals surface area contributed by atoms with Crippen molar-refractivity contribution in [3.63, 3.8) is 0 Å². The Balaban J connectivity index is 1.36. The molecule has 2 aliphatic rings. The second-order valence-electron chi connectivity index (χ2n) is 8.49. The number of rotatable bonds is 4. The number of amides is 1. The molecule has 2 aromatic rings. The lowest BCUT2D eigenvalue weighted by molar-refractivity contribution is -0.137. The smallest absolute Gasteiger partial charge is 0.243 e. The number of piperazine rings is 1. The molecule has 1 saturated heterocycles. The molecule has 0 spiro atoms. The van der Waals surface area contributed by atoms with Crippen LogP contribution >= 0.6 is 11.6 Å². The van der Waals surface area contributed by atoms with Gasteiger partial charge < -0.3 is 16.0 Å². The summed E-state index contributed by atoms with van der Waals surface area (Å²) in [7, 11) is -3.63. The van der Waals surface area contributed by atoms with Crippen LogP contribution in [0.3, 0.4) is 0 Å². The Hall–Kier alpha value is -2.36. The molecular formula is C22H28ClN5O3S. The van der Waals surface area contributed by atoms with E-state index < -0.39 is 10.0 Å². The lowest BCUT2D eigenvalue weighted by atomic mass is 9.85. The number of carbonyl (C=O) groups is 1. The van der Waals surface area contributed by atoms with E-state index in [0.29, 0.717) is 18.1 Å². The van der Waals surface area contributed by atoms with Crippen LogP contribution in [0.1, 0.15) is 25.7 Å². The zero-order valence-electron chi connectivity index (χ0n) is 17.8. The molecule has 0 aromatic heterocycles. The van der Waals surface area contributed by atoms with Crippen LogP contribution in [0.5, 0.6) is 0 Å². The lowest BCUT2D eigenvalue weighted by Gasteiger charge is -2.37. The maximum atomic E-state index is 13.2. The van der Waals surface area contributed by atoms with Crippen LogP contribution in [0.2, 0.25) is 5.02 Å². The molecule has 1 aliphatic heterocycles. The minimum Gasteiger partial charge on any atom is -0.370 e. The number of nitrogens with zero attached hydrogens (tertiary/aromatic N) is 2. The van der Waals surface area contributed by atoms with Crippen LogP contribution in [0, 0.1) is 11.3 Å². The van der Waals surface area contributed by atoms with E-state index in [2.05, 4.69) is 5.32 Å². The van der Waals surface area contributed by atoms with E-state index in [1.807, 2.05) is 6.07 Å². The molecule has 1 heterocycles. The SMILES string of the molecule is N=C(N)N[C@H]1CC[C@H](C(=O)N2CCN(S(=O)(=O)c3ccc4cc(Cl)ccc4c3)CC2)CC1. The number of halogens is 1. The standard InChI is InChI=1S/C22H28ClN5O3S/c23-18-5-1-17-14-20(8-4-16(17)13-18)32(30,31)28-11-9-27(10-12-28)21(29)15-2-6-19(7-3-15)26-22(24)25/h1,4-5,8,13-15,19H,2-3,6-7,9-12H2,(H4,24,25,26)/t15-,19-. The Morgan fingerprint density at radius 3 is 2.28 bits per heavy atom. The van der Waals surface area contributed by atoms with Crippen molar-refractivity contribution in [3.8, 4) is 0 Å². The zero-order chi connectivity index (χ0) is 22.9. The van der Waals surface area contributed by atoms with Crippen molar-refractivity contribution in [2.24, 2.45) is 11.7 Å². The molecule has 1 saturated carbocycles. The van der Waals surface area contributed by atoms with Crippen molar-refractivity contribution in [1.82, 2.24) is 14.5 Å². The number of carbonyl (C=O) groups excluding carboxylic acids is 1. The van der Waals surface area contributed by atoms with Gasteiger partial charge in [0.1, 0.15) is 0 Å². The Bertz CT molecular complexity index is 1120. The predicted octanol–water partition coefficient (Wildman–Crippen LogP) is 2.37. The summed E-state index contributed by atoms with van der Waals surface area (Å²) in [5, 5.41) is 12.6. The van der Waals surface area contributed by atoms with Gasteiger partial charge in [-0.3, -0.25) is 10.2 Å². The van der Waals surface area contributed by atoms with Crippen molar-refractivity contribution in [2.75, 3.05) is 26.2 Å². The van der Waals surface area contributed by atoms with Crippen molar-refractivity contribution in [1.29, 1.82) is 5.41 Å². The summed E-state index contributed by atoms with van der Waals surface area (Å²) < 4.78 is 27.8. The monoisotopic (exact) mass is 477 g/mol. The van der Waals surface area contributed by atoms with Gasteiger partial charge in [-0.05, 0) is 60.7 Å². The van der Waals surface area contributed by atoms with Gasteiger partial charge in [-0.2, -0.15) is 4.31 Å². The van der Waals surface area contributed by atoms with Gasteiger partial charge in [0.05, 0.1) is 4.90 Å². The lowest BCUT2D eigenvalue weighted by Crippen LogP contribution is -2.52. The first-order chi connectivity index (χ1) is 15.2. The number of nitrogens with two attached hydrogens (primary N) is 1. The highest BCUT2D eigenvalue weighted by Gasteiger charge is 2.34.